The normalized spacial score (nSPS) is 14.8. The number of rotatable bonds is 6. The first-order valence-electron chi connectivity index (χ1n) is 8.98. The summed E-state index contributed by atoms with van der Waals surface area (Å²) in [5.74, 6) is 0.457. The number of hydrogen-bond donors (Lipinski definition) is 0. The topological polar surface area (TPSA) is 55.8 Å². The molecule has 0 unspecified atom stereocenters. The van der Waals surface area contributed by atoms with Crippen LogP contribution in [0.5, 0.6) is 5.75 Å². The number of halogens is 1. The Kier molecular flexibility index (Phi) is 6.74. The molecule has 0 radical (unpaired) electrons. The van der Waals surface area contributed by atoms with E-state index in [0.29, 0.717) is 54.8 Å². The number of benzene rings is 1. The van der Waals surface area contributed by atoms with Gasteiger partial charge in [0.25, 0.3) is 5.91 Å². The summed E-state index contributed by atoms with van der Waals surface area (Å²) in [5.41, 5.74) is 0.949. The minimum absolute atomic E-state index is 0.0105. The lowest BCUT2D eigenvalue weighted by atomic mass is 9.97. The number of carbonyl (C=O) groups excluding carboxylic acids is 2. The first-order chi connectivity index (χ1) is 13.1. The van der Waals surface area contributed by atoms with E-state index in [2.05, 4.69) is 0 Å². The minimum atomic E-state index is -0.152. The summed E-state index contributed by atoms with van der Waals surface area (Å²) in [7, 11) is 0. The third-order valence-corrected chi connectivity index (χ3v) is 5.67. The molecule has 144 valence electrons. The zero-order valence-electron chi connectivity index (χ0n) is 15.2. The Morgan fingerprint density at radius 3 is 2.74 bits per heavy atom. The fourth-order valence-electron chi connectivity index (χ4n) is 3.02. The number of likely N-dealkylation sites (tertiary alicyclic amines) is 1. The standard InChI is InChI=1S/C20H22ClNO4S/c1-2-25-20(24)15-6-8-22(9-7-15)19(23)18-10-14(13-27-18)12-26-17-5-3-4-16(21)11-17/h3-5,10-11,13,15H,2,6-9,12H2,1H3. The van der Waals surface area contributed by atoms with Crippen molar-refractivity contribution >= 4 is 34.8 Å². The number of carbonyl (C=O) groups is 2. The van der Waals surface area contributed by atoms with Crippen molar-refractivity contribution < 1.29 is 19.1 Å². The van der Waals surface area contributed by atoms with Gasteiger partial charge in [0, 0.05) is 23.7 Å². The highest BCUT2D eigenvalue weighted by Gasteiger charge is 2.29. The van der Waals surface area contributed by atoms with Crippen molar-refractivity contribution in [2.24, 2.45) is 5.92 Å². The zero-order chi connectivity index (χ0) is 19.2. The van der Waals surface area contributed by atoms with Crippen LogP contribution in [0.15, 0.2) is 35.7 Å². The van der Waals surface area contributed by atoms with E-state index < -0.39 is 0 Å². The van der Waals surface area contributed by atoms with Crippen molar-refractivity contribution in [3.8, 4) is 5.75 Å². The molecular weight excluding hydrogens is 386 g/mol. The summed E-state index contributed by atoms with van der Waals surface area (Å²) in [6, 6.07) is 9.10. The lowest BCUT2D eigenvalue weighted by molar-refractivity contribution is -0.149. The second-order valence-electron chi connectivity index (χ2n) is 6.38. The first-order valence-corrected chi connectivity index (χ1v) is 10.2. The van der Waals surface area contributed by atoms with E-state index in [4.69, 9.17) is 21.1 Å². The Morgan fingerprint density at radius 2 is 2.04 bits per heavy atom. The molecule has 0 spiro atoms. The summed E-state index contributed by atoms with van der Waals surface area (Å²) < 4.78 is 10.8. The Bertz CT molecular complexity index is 799. The molecule has 0 bridgehead atoms. The van der Waals surface area contributed by atoms with E-state index in [9.17, 15) is 9.59 Å². The van der Waals surface area contributed by atoms with E-state index in [-0.39, 0.29) is 17.8 Å². The maximum absolute atomic E-state index is 12.7. The molecule has 1 fully saturated rings. The largest absolute Gasteiger partial charge is 0.489 e. The summed E-state index contributed by atoms with van der Waals surface area (Å²) in [6.45, 7) is 3.74. The van der Waals surface area contributed by atoms with Gasteiger partial charge in [-0.2, -0.15) is 0 Å². The maximum Gasteiger partial charge on any atom is 0.309 e. The van der Waals surface area contributed by atoms with Gasteiger partial charge in [0.15, 0.2) is 0 Å². The van der Waals surface area contributed by atoms with Crippen LogP contribution in [0, 0.1) is 5.92 Å². The quantitative estimate of drug-likeness (QED) is 0.666. The molecule has 1 saturated heterocycles. The monoisotopic (exact) mass is 407 g/mol. The fraction of sp³-hybridized carbons (Fsp3) is 0.400. The molecule has 0 atom stereocenters. The predicted octanol–water partition coefficient (Wildman–Crippen LogP) is 4.40. The van der Waals surface area contributed by atoms with Gasteiger partial charge in [0.2, 0.25) is 0 Å². The van der Waals surface area contributed by atoms with E-state index in [1.807, 2.05) is 28.5 Å². The average Bonchev–Trinajstić information content (AvgIpc) is 3.15. The SMILES string of the molecule is CCOC(=O)C1CCN(C(=O)c2cc(COc3cccc(Cl)c3)cs2)CC1. The smallest absolute Gasteiger partial charge is 0.309 e. The van der Waals surface area contributed by atoms with Crippen LogP contribution in [-0.2, 0) is 16.1 Å². The molecule has 7 heteroatoms. The number of thiophene rings is 1. The van der Waals surface area contributed by atoms with Crippen molar-refractivity contribution in [1.29, 1.82) is 0 Å². The third kappa shape index (κ3) is 5.23. The molecule has 0 N–H and O–H groups in total. The highest BCUT2D eigenvalue weighted by Crippen LogP contribution is 2.24. The molecule has 1 amide bonds. The predicted molar refractivity (Wildman–Crippen MR) is 105 cm³/mol. The molecule has 1 aromatic carbocycles. The third-order valence-electron chi connectivity index (χ3n) is 4.47. The van der Waals surface area contributed by atoms with Crippen LogP contribution in [-0.4, -0.2) is 36.5 Å². The van der Waals surface area contributed by atoms with Crippen LogP contribution in [0.1, 0.15) is 35.0 Å². The van der Waals surface area contributed by atoms with Crippen molar-refractivity contribution in [3.63, 3.8) is 0 Å². The molecule has 0 aliphatic carbocycles. The van der Waals surface area contributed by atoms with Crippen molar-refractivity contribution in [1.82, 2.24) is 4.90 Å². The van der Waals surface area contributed by atoms with Crippen LogP contribution in [0.3, 0.4) is 0 Å². The molecule has 5 nitrogen and oxygen atoms in total. The number of amides is 1. The number of piperidine rings is 1. The molecule has 27 heavy (non-hydrogen) atoms. The van der Waals surface area contributed by atoms with Gasteiger partial charge < -0.3 is 14.4 Å². The Labute approximate surface area is 167 Å². The first kappa shape index (κ1) is 19.7. The van der Waals surface area contributed by atoms with Gasteiger partial charge in [-0.3, -0.25) is 9.59 Å². The lowest BCUT2D eigenvalue weighted by Gasteiger charge is -2.30. The zero-order valence-corrected chi connectivity index (χ0v) is 16.7. The fourth-order valence-corrected chi connectivity index (χ4v) is 4.07. The number of esters is 1. The summed E-state index contributed by atoms with van der Waals surface area (Å²) >= 11 is 7.36. The van der Waals surface area contributed by atoms with E-state index in [1.54, 1.807) is 19.1 Å². The van der Waals surface area contributed by atoms with Gasteiger partial charge in [0.05, 0.1) is 17.4 Å². The van der Waals surface area contributed by atoms with Gasteiger partial charge in [-0.05, 0) is 49.4 Å². The second-order valence-corrected chi connectivity index (χ2v) is 7.73. The molecule has 0 saturated carbocycles. The molecule has 2 aromatic rings. The van der Waals surface area contributed by atoms with Crippen molar-refractivity contribution in [2.75, 3.05) is 19.7 Å². The van der Waals surface area contributed by atoms with Crippen LogP contribution < -0.4 is 4.74 Å². The van der Waals surface area contributed by atoms with Gasteiger partial charge in [0.1, 0.15) is 12.4 Å². The van der Waals surface area contributed by atoms with Gasteiger partial charge in [-0.1, -0.05) is 17.7 Å². The minimum Gasteiger partial charge on any atom is -0.489 e. The number of ether oxygens (including phenoxy) is 2. The molecule has 1 aliphatic heterocycles. The molecule has 3 rings (SSSR count). The van der Waals surface area contributed by atoms with Crippen LogP contribution in [0.2, 0.25) is 5.02 Å². The highest BCUT2D eigenvalue weighted by molar-refractivity contribution is 7.12. The van der Waals surface area contributed by atoms with Gasteiger partial charge in [-0.25, -0.2) is 0 Å². The van der Waals surface area contributed by atoms with E-state index in [0.717, 1.165) is 5.56 Å². The molecular formula is C20H22ClNO4S. The van der Waals surface area contributed by atoms with Crippen LogP contribution in [0.25, 0.3) is 0 Å². The molecule has 1 aromatic heterocycles. The van der Waals surface area contributed by atoms with E-state index >= 15 is 0 Å². The van der Waals surface area contributed by atoms with Gasteiger partial charge >= 0.3 is 5.97 Å². The van der Waals surface area contributed by atoms with Crippen molar-refractivity contribution in [3.05, 3.63) is 51.2 Å². The average molecular weight is 408 g/mol. The highest BCUT2D eigenvalue weighted by atomic mass is 35.5. The van der Waals surface area contributed by atoms with Crippen LogP contribution in [0.4, 0.5) is 0 Å². The lowest BCUT2D eigenvalue weighted by Crippen LogP contribution is -2.40. The molecule has 2 heterocycles. The summed E-state index contributed by atoms with van der Waals surface area (Å²) in [6.07, 6.45) is 1.31. The summed E-state index contributed by atoms with van der Waals surface area (Å²) in [5, 5.41) is 2.56. The Morgan fingerprint density at radius 1 is 1.26 bits per heavy atom. The number of hydrogen-bond acceptors (Lipinski definition) is 5. The maximum atomic E-state index is 12.7. The molecule has 1 aliphatic rings. The van der Waals surface area contributed by atoms with Crippen LogP contribution >= 0.6 is 22.9 Å². The van der Waals surface area contributed by atoms with E-state index in [1.165, 1.54) is 11.3 Å². The van der Waals surface area contributed by atoms with Gasteiger partial charge in [-0.15, -0.1) is 11.3 Å². The number of nitrogens with zero attached hydrogens (tertiary/aromatic N) is 1. The Hall–Kier alpha value is -2.05. The Balaban J connectivity index is 1.52. The second kappa shape index (κ2) is 9.24. The summed E-state index contributed by atoms with van der Waals surface area (Å²) in [4.78, 5) is 27.0. The van der Waals surface area contributed by atoms with Crippen molar-refractivity contribution in [2.45, 2.75) is 26.4 Å².